The van der Waals surface area contributed by atoms with E-state index in [0.717, 1.165) is 30.7 Å². The maximum absolute atomic E-state index is 13.2. The van der Waals surface area contributed by atoms with Crippen molar-refractivity contribution < 1.29 is 33.5 Å². The van der Waals surface area contributed by atoms with E-state index < -0.39 is 11.9 Å². The second-order valence-electron chi connectivity index (χ2n) is 12.3. The van der Waals surface area contributed by atoms with E-state index in [-0.39, 0.29) is 69.0 Å². The number of Topliss-reactive ketones (excluding diaryl/α,β-unsaturated/α-hetero) is 4. The Balaban J connectivity index is 0.945. The summed E-state index contributed by atoms with van der Waals surface area (Å²) in [6.07, 6.45) is 2.42. The van der Waals surface area contributed by atoms with Crippen LogP contribution in [0.1, 0.15) is 93.7 Å². The summed E-state index contributed by atoms with van der Waals surface area (Å²) in [5.74, 6) is -1.46. The van der Waals surface area contributed by atoms with Crippen LogP contribution < -0.4 is 0 Å². The Morgan fingerprint density at radius 1 is 0.854 bits per heavy atom. The number of carbonyl (C=O) groups excluding carboxylic acids is 6. The number of ketones is 4. The monoisotopic (exact) mass is 695 g/mol. The lowest BCUT2D eigenvalue weighted by Crippen LogP contribution is -2.52. The van der Waals surface area contributed by atoms with Crippen molar-refractivity contribution in [2.75, 3.05) is 66.0 Å². The number of carbonyl (C=O) groups is 6. The summed E-state index contributed by atoms with van der Waals surface area (Å²) in [4.78, 5) is 100. The Bertz CT molecular complexity index is 1710. The number of nitrogens with zero attached hydrogens (tertiary/aromatic N) is 7. The molecule has 16 heteroatoms. The van der Waals surface area contributed by atoms with Crippen molar-refractivity contribution in [2.45, 2.75) is 51.6 Å². The number of piperazine rings is 1. The number of aliphatic imine (C=N–C) groups is 2. The first kappa shape index (κ1) is 34.0. The Labute approximate surface area is 285 Å². The van der Waals surface area contributed by atoms with E-state index in [1.807, 2.05) is 7.05 Å². The minimum Gasteiger partial charge on any atom is -0.368 e. The molecule has 2 aromatic heterocycles. The molecule has 48 heavy (non-hydrogen) atoms. The molecular weight excluding hydrogens is 659 g/mol. The van der Waals surface area contributed by atoms with Gasteiger partial charge in [0.25, 0.3) is 11.8 Å². The maximum atomic E-state index is 13.2. The van der Waals surface area contributed by atoms with Crippen LogP contribution in [-0.4, -0.2) is 143 Å². The average Bonchev–Trinajstić information content (AvgIpc) is 3.86. The van der Waals surface area contributed by atoms with Crippen LogP contribution in [-0.2, 0) is 9.53 Å². The second kappa shape index (κ2) is 14.7. The topological polar surface area (TPSA) is 172 Å². The number of thiazole rings is 2. The van der Waals surface area contributed by atoms with Crippen LogP contribution in [0.25, 0.3) is 0 Å². The van der Waals surface area contributed by atoms with Crippen molar-refractivity contribution in [2.24, 2.45) is 9.98 Å². The Kier molecular flexibility index (Phi) is 10.4. The molecule has 1 unspecified atom stereocenters. The average molecular weight is 696 g/mol. The van der Waals surface area contributed by atoms with Crippen molar-refractivity contribution in [1.29, 1.82) is 0 Å². The van der Waals surface area contributed by atoms with E-state index in [9.17, 15) is 28.8 Å². The minimum absolute atomic E-state index is 0.0101. The second-order valence-corrected chi connectivity index (χ2v) is 14.5. The summed E-state index contributed by atoms with van der Waals surface area (Å²) in [7, 11) is 1.96. The third kappa shape index (κ3) is 7.26. The van der Waals surface area contributed by atoms with Crippen LogP contribution in [0.3, 0.4) is 0 Å². The van der Waals surface area contributed by atoms with Crippen molar-refractivity contribution in [3.05, 3.63) is 31.2 Å². The number of aryl methyl sites for hydroxylation is 1. The van der Waals surface area contributed by atoms with Gasteiger partial charge in [-0.1, -0.05) is 0 Å². The molecule has 4 heterocycles. The number of hydrogen-bond acceptors (Lipinski definition) is 14. The molecule has 2 aromatic rings. The van der Waals surface area contributed by atoms with Crippen molar-refractivity contribution in [3.63, 3.8) is 0 Å². The maximum Gasteiger partial charge on any atom is 0.282 e. The Morgan fingerprint density at radius 2 is 1.50 bits per heavy atom. The van der Waals surface area contributed by atoms with E-state index in [1.54, 1.807) is 16.7 Å². The molecule has 2 aliphatic heterocycles. The predicted octanol–water partition coefficient (Wildman–Crippen LogP) is 2.20. The smallest absolute Gasteiger partial charge is 0.282 e. The van der Waals surface area contributed by atoms with Gasteiger partial charge in [0.2, 0.25) is 11.6 Å². The third-order valence-electron chi connectivity index (χ3n) is 8.75. The zero-order valence-corrected chi connectivity index (χ0v) is 28.6. The highest BCUT2D eigenvalue weighted by Crippen LogP contribution is 2.28. The van der Waals surface area contributed by atoms with Gasteiger partial charge in [0.05, 0.1) is 29.3 Å². The van der Waals surface area contributed by atoms with Crippen LogP contribution >= 0.6 is 22.7 Å². The zero-order valence-electron chi connectivity index (χ0n) is 27.0. The molecule has 0 aromatic carbocycles. The van der Waals surface area contributed by atoms with E-state index >= 15 is 0 Å². The van der Waals surface area contributed by atoms with Gasteiger partial charge in [-0.25, -0.2) is 9.97 Å². The summed E-state index contributed by atoms with van der Waals surface area (Å²) in [6.45, 7) is 6.04. The van der Waals surface area contributed by atoms with Crippen LogP contribution in [0.4, 0.5) is 0 Å². The molecule has 0 N–H and O–H groups in total. The van der Waals surface area contributed by atoms with Crippen LogP contribution in [0.2, 0.25) is 0 Å². The molecule has 2 amide bonds. The van der Waals surface area contributed by atoms with Gasteiger partial charge >= 0.3 is 0 Å². The quantitative estimate of drug-likeness (QED) is 0.336. The van der Waals surface area contributed by atoms with Crippen molar-refractivity contribution >= 4 is 69.0 Å². The molecule has 14 nitrogen and oxygen atoms in total. The first-order valence-corrected chi connectivity index (χ1v) is 17.8. The summed E-state index contributed by atoms with van der Waals surface area (Å²) < 4.78 is 5.50. The fourth-order valence-electron chi connectivity index (χ4n) is 6.14. The summed E-state index contributed by atoms with van der Waals surface area (Å²) >= 11 is 2.17. The standard InChI is InChI=1S/C32H37N7O7S2/c1-18-35-24-21(40)16-20(27(43)29(24)47-18)34-8-5-10-37(2)9-4-7-33-19-17-22(41)28-25(26(19)42)36-30(48-28)32(45)39-13-11-38(12-14-39)31(44)23-6-3-15-46-23/h23H,3-17H2,1-2H3. The van der Waals surface area contributed by atoms with Gasteiger partial charge in [-0.15, -0.1) is 22.7 Å². The highest BCUT2D eigenvalue weighted by molar-refractivity contribution is 7.16. The molecule has 0 radical (unpaired) electrons. The normalized spacial score (nSPS) is 21.5. The first-order valence-electron chi connectivity index (χ1n) is 16.2. The first-order chi connectivity index (χ1) is 23.1. The van der Waals surface area contributed by atoms with Gasteiger partial charge in [0.1, 0.15) is 27.2 Å². The number of aromatic nitrogens is 2. The van der Waals surface area contributed by atoms with Crippen LogP contribution in [0.15, 0.2) is 9.98 Å². The lowest BCUT2D eigenvalue weighted by Gasteiger charge is -2.35. The fourth-order valence-corrected chi connectivity index (χ4v) is 8.01. The molecule has 1 atom stereocenters. The lowest BCUT2D eigenvalue weighted by atomic mass is 9.98. The molecule has 2 aliphatic carbocycles. The predicted molar refractivity (Wildman–Crippen MR) is 178 cm³/mol. The van der Waals surface area contributed by atoms with Crippen LogP contribution in [0, 0.1) is 6.92 Å². The SMILES string of the molecule is Cc1nc2c(s1)C(=O)C(=NCCCN(C)CCCN=C1CC(=O)c3sc(C(=O)N4CCN(C(=O)C5CCCO5)CC4)nc3C1=O)CC2=O. The molecule has 254 valence electrons. The van der Waals surface area contributed by atoms with Crippen molar-refractivity contribution in [3.8, 4) is 0 Å². The summed E-state index contributed by atoms with van der Waals surface area (Å²) in [5.41, 5.74) is 0.705. The zero-order chi connectivity index (χ0) is 33.9. The number of amides is 2. The summed E-state index contributed by atoms with van der Waals surface area (Å²) in [5, 5.41) is 0.784. The lowest BCUT2D eigenvalue weighted by molar-refractivity contribution is -0.142. The molecule has 0 saturated carbocycles. The van der Waals surface area contributed by atoms with Gasteiger partial charge < -0.3 is 19.4 Å². The molecule has 0 spiro atoms. The fraction of sp³-hybridized carbons (Fsp3) is 0.562. The van der Waals surface area contributed by atoms with Gasteiger partial charge in [0.15, 0.2) is 16.6 Å². The summed E-state index contributed by atoms with van der Waals surface area (Å²) in [6, 6.07) is 0. The van der Waals surface area contributed by atoms with Gasteiger partial charge in [-0.3, -0.25) is 38.8 Å². The largest absolute Gasteiger partial charge is 0.368 e. The molecule has 6 rings (SSSR count). The number of ether oxygens (including phenoxy) is 1. The van der Waals surface area contributed by atoms with Gasteiger partial charge in [0, 0.05) is 45.9 Å². The Hall–Kier alpha value is -3.86. The highest BCUT2D eigenvalue weighted by atomic mass is 32.1. The van der Waals surface area contributed by atoms with Gasteiger partial charge in [-0.05, 0) is 52.7 Å². The van der Waals surface area contributed by atoms with Crippen molar-refractivity contribution in [1.82, 2.24) is 24.7 Å². The molecular formula is C32H37N7O7S2. The van der Waals surface area contributed by atoms with E-state index in [2.05, 4.69) is 24.9 Å². The van der Waals surface area contributed by atoms with E-state index in [1.165, 1.54) is 11.3 Å². The molecule has 4 aliphatic rings. The molecule has 2 fully saturated rings. The number of hydrogen-bond donors (Lipinski definition) is 0. The van der Waals surface area contributed by atoms with Crippen LogP contribution in [0.5, 0.6) is 0 Å². The highest BCUT2D eigenvalue weighted by Gasteiger charge is 2.37. The van der Waals surface area contributed by atoms with E-state index in [0.29, 0.717) is 80.9 Å². The molecule has 0 bridgehead atoms. The third-order valence-corrected chi connectivity index (χ3v) is 10.8. The number of fused-ring (bicyclic) bond motifs is 2. The minimum atomic E-state index is -0.421. The van der Waals surface area contributed by atoms with Gasteiger partial charge in [-0.2, -0.15) is 0 Å². The Morgan fingerprint density at radius 3 is 2.17 bits per heavy atom. The van der Waals surface area contributed by atoms with E-state index in [4.69, 9.17) is 4.74 Å². The number of rotatable bonds is 10. The molecule has 2 saturated heterocycles.